The van der Waals surface area contributed by atoms with Crippen molar-refractivity contribution in [3.63, 3.8) is 0 Å². The van der Waals surface area contributed by atoms with E-state index in [2.05, 4.69) is 10.2 Å². The molecule has 0 aromatic heterocycles. The van der Waals surface area contributed by atoms with E-state index in [4.69, 9.17) is 10.4 Å². The lowest BCUT2D eigenvalue weighted by atomic mass is 10.2. The van der Waals surface area contributed by atoms with Gasteiger partial charge in [-0.05, 0) is 18.2 Å². The Bertz CT molecular complexity index is 512. The number of nitrogens with zero attached hydrogens (tertiary/aromatic N) is 1. The number of aliphatic carboxylic acids is 1. The maximum atomic E-state index is 12.8. The number of hydroxylamine groups is 1. The van der Waals surface area contributed by atoms with E-state index in [9.17, 15) is 14.0 Å². The number of rotatable bonds is 4. The number of carboxylic acids is 1. The van der Waals surface area contributed by atoms with Crippen molar-refractivity contribution >= 4 is 17.7 Å². The fraction of sp³-hybridized carbons (Fsp3) is 0.100. The Kier molecular flexibility index (Phi) is 4.59. The topological polar surface area (TPSA) is 111 Å². The lowest BCUT2D eigenvalue weighted by molar-refractivity contribution is -0.143. The zero-order valence-corrected chi connectivity index (χ0v) is 8.94. The van der Waals surface area contributed by atoms with E-state index >= 15 is 0 Å². The van der Waals surface area contributed by atoms with Gasteiger partial charge in [0.05, 0.1) is 11.3 Å². The van der Waals surface area contributed by atoms with E-state index in [1.165, 1.54) is 6.07 Å². The number of amides is 2. The summed E-state index contributed by atoms with van der Waals surface area (Å²) >= 11 is 0. The van der Waals surface area contributed by atoms with Crippen molar-refractivity contribution in [3.8, 4) is 6.07 Å². The minimum atomic E-state index is -1.25. The van der Waals surface area contributed by atoms with Crippen LogP contribution < -0.4 is 10.8 Å². The van der Waals surface area contributed by atoms with Crippen molar-refractivity contribution < 1.29 is 23.9 Å². The number of anilines is 1. The molecule has 18 heavy (non-hydrogen) atoms. The van der Waals surface area contributed by atoms with Gasteiger partial charge in [-0.15, -0.1) is 0 Å². The second kappa shape index (κ2) is 6.17. The highest BCUT2D eigenvalue weighted by molar-refractivity contribution is 5.90. The molecule has 0 radical (unpaired) electrons. The summed E-state index contributed by atoms with van der Waals surface area (Å²) in [5, 5.41) is 19.2. The number of urea groups is 1. The molecule has 7 nitrogen and oxygen atoms in total. The maximum Gasteiger partial charge on any atom is 0.343 e. The summed E-state index contributed by atoms with van der Waals surface area (Å²) in [6.45, 7) is -0.706. The maximum absolute atomic E-state index is 12.8. The van der Waals surface area contributed by atoms with Crippen LogP contribution in [-0.2, 0) is 9.63 Å². The molecule has 1 aromatic rings. The number of carboxylic acid groups (broad SMARTS) is 1. The first kappa shape index (κ1) is 13.4. The third-order valence-corrected chi connectivity index (χ3v) is 1.71. The summed E-state index contributed by atoms with van der Waals surface area (Å²) in [7, 11) is 0. The number of nitrogens with one attached hydrogen (secondary N) is 2. The van der Waals surface area contributed by atoms with E-state index < -0.39 is 24.4 Å². The predicted molar refractivity (Wildman–Crippen MR) is 56.9 cm³/mol. The molecule has 0 atom stereocenters. The van der Waals surface area contributed by atoms with Gasteiger partial charge in [-0.2, -0.15) is 5.26 Å². The van der Waals surface area contributed by atoms with Crippen LogP contribution >= 0.6 is 0 Å². The van der Waals surface area contributed by atoms with Gasteiger partial charge in [0.25, 0.3) is 0 Å². The van der Waals surface area contributed by atoms with Gasteiger partial charge in [0.1, 0.15) is 11.9 Å². The molecule has 1 rings (SSSR count). The molecule has 0 spiro atoms. The zero-order chi connectivity index (χ0) is 13.5. The first-order chi connectivity index (χ1) is 8.52. The van der Waals surface area contributed by atoms with Crippen LogP contribution in [0.25, 0.3) is 0 Å². The molecule has 0 aliphatic rings. The van der Waals surface area contributed by atoms with Crippen molar-refractivity contribution in [2.75, 3.05) is 11.9 Å². The second-order valence-electron chi connectivity index (χ2n) is 3.04. The van der Waals surface area contributed by atoms with Gasteiger partial charge in [0.2, 0.25) is 0 Å². The number of hydrogen-bond donors (Lipinski definition) is 3. The molecular weight excluding hydrogens is 245 g/mol. The van der Waals surface area contributed by atoms with Gasteiger partial charge in [0, 0.05) is 0 Å². The number of nitriles is 1. The standard InChI is InChI=1S/C10H8FN3O4/c11-7-1-2-8(6(3-7)4-12)13-10(17)14-18-5-9(15)16/h1-3H,5H2,(H,15,16)(H2,13,14,17). The molecule has 0 aliphatic carbocycles. The van der Waals surface area contributed by atoms with Crippen LogP contribution in [0, 0.1) is 17.1 Å². The average Bonchev–Trinajstić information content (AvgIpc) is 2.31. The Hall–Kier alpha value is -2.66. The van der Waals surface area contributed by atoms with Crippen molar-refractivity contribution in [2.24, 2.45) is 0 Å². The molecule has 0 fully saturated rings. The molecule has 3 N–H and O–H groups in total. The highest BCUT2D eigenvalue weighted by Gasteiger charge is 2.08. The summed E-state index contributed by atoms with van der Waals surface area (Å²) in [5.41, 5.74) is 1.81. The van der Waals surface area contributed by atoms with Crippen molar-refractivity contribution in [1.29, 1.82) is 5.26 Å². The normalized spacial score (nSPS) is 9.33. The predicted octanol–water partition coefficient (Wildman–Crippen LogP) is 0.835. The van der Waals surface area contributed by atoms with Gasteiger partial charge < -0.3 is 10.4 Å². The highest BCUT2D eigenvalue weighted by atomic mass is 19.1. The second-order valence-corrected chi connectivity index (χ2v) is 3.04. The number of carbonyl (C=O) groups excluding carboxylic acids is 1. The fourth-order valence-electron chi connectivity index (χ4n) is 1.03. The smallest absolute Gasteiger partial charge is 0.343 e. The Morgan fingerprint density at radius 3 is 2.83 bits per heavy atom. The van der Waals surface area contributed by atoms with E-state index in [0.717, 1.165) is 12.1 Å². The van der Waals surface area contributed by atoms with Crippen molar-refractivity contribution in [1.82, 2.24) is 5.48 Å². The molecule has 0 heterocycles. The van der Waals surface area contributed by atoms with Gasteiger partial charge >= 0.3 is 12.0 Å². The summed E-state index contributed by atoms with van der Waals surface area (Å²) in [5.74, 6) is -1.87. The summed E-state index contributed by atoms with van der Waals surface area (Å²) in [6, 6.07) is 4.04. The van der Waals surface area contributed by atoms with Crippen molar-refractivity contribution in [2.45, 2.75) is 0 Å². The lowest BCUT2D eigenvalue weighted by Gasteiger charge is -2.07. The van der Waals surface area contributed by atoms with Crippen LogP contribution in [0.1, 0.15) is 5.56 Å². The Morgan fingerprint density at radius 2 is 2.22 bits per heavy atom. The van der Waals surface area contributed by atoms with E-state index in [0.29, 0.717) is 0 Å². The molecule has 0 saturated heterocycles. The highest BCUT2D eigenvalue weighted by Crippen LogP contribution is 2.15. The molecule has 0 aliphatic heterocycles. The molecule has 0 bridgehead atoms. The summed E-state index contributed by atoms with van der Waals surface area (Å²) < 4.78 is 12.8. The Balaban J connectivity index is 2.59. The van der Waals surface area contributed by atoms with Gasteiger partial charge in [-0.3, -0.25) is 4.84 Å². The van der Waals surface area contributed by atoms with Gasteiger partial charge in [0.15, 0.2) is 6.61 Å². The third kappa shape index (κ3) is 4.07. The Morgan fingerprint density at radius 1 is 1.50 bits per heavy atom. The molecule has 94 valence electrons. The summed E-state index contributed by atoms with van der Waals surface area (Å²) in [6.07, 6.45) is 0. The van der Waals surface area contributed by atoms with Crippen molar-refractivity contribution in [3.05, 3.63) is 29.6 Å². The molecule has 1 aromatic carbocycles. The molecule has 8 heteroatoms. The Labute approximate surface area is 101 Å². The van der Waals surface area contributed by atoms with Crippen LogP contribution in [0.15, 0.2) is 18.2 Å². The van der Waals surface area contributed by atoms with E-state index in [-0.39, 0.29) is 11.3 Å². The minimum absolute atomic E-state index is 0.0663. The number of halogens is 1. The first-order valence-corrected chi connectivity index (χ1v) is 4.63. The minimum Gasteiger partial charge on any atom is -0.479 e. The van der Waals surface area contributed by atoms with Crippen LogP contribution in [0.2, 0.25) is 0 Å². The third-order valence-electron chi connectivity index (χ3n) is 1.71. The first-order valence-electron chi connectivity index (χ1n) is 4.63. The monoisotopic (exact) mass is 253 g/mol. The van der Waals surface area contributed by atoms with Gasteiger partial charge in [-0.1, -0.05) is 0 Å². The lowest BCUT2D eigenvalue weighted by Crippen LogP contribution is -2.31. The van der Waals surface area contributed by atoms with E-state index in [1.54, 1.807) is 11.5 Å². The summed E-state index contributed by atoms with van der Waals surface area (Å²) in [4.78, 5) is 25.6. The zero-order valence-electron chi connectivity index (χ0n) is 8.94. The molecule has 0 unspecified atom stereocenters. The quantitative estimate of drug-likeness (QED) is 0.688. The SMILES string of the molecule is N#Cc1cc(F)ccc1NC(=O)NOCC(=O)O. The molecular formula is C10H8FN3O4. The van der Waals surface area contributed by atoms with E-state index in [1.807, 2.05) is 0 Å². The van der Waals surface area contributed by atoms with Gasteiger partial charge in [-0.25, -0.2) is 19.5 Å². The van der Waals surface area contributed by atoms with Crippen LogP contribution in [0.4, 0.5) is 14.9 Å². The molecule has 0 saturated carbocycles. The average molecular weight is 253 g/mol. The largest absolute Gasteiger partial charge is 0.479 e. The number of benzene rings is 1. The van der Waals surface area contributed by atoms with Crippen LogP contribution in [0.3, 0.4) is 0 Å². The number of carbonyl (C=O) groups is 2. The number of hydrogen-bond acceptors (Lipinski definition) is 4. The fourth-order valence-corrected chi connectivity index (χ4v) is 1.03. The van der Waals surface area contributed by atoms with Crippen LogP contribution in [-0.4, -0.2) is 23.7 Å². The van der Waals surface area contributed by atoms with Crippen LogP contribution in [0.5, 0.6) is 0 Å². The molecule has 2 amide bonds.